The van der Waals surface area contributed by atoms with Crippen LogP contribution in [0.25, 0.3) is 0 Å². The lowest BCUT2D eigenvalue weighted by molar-refractivity contribution is -0.138. The van der Waals surface area contributed by atoms with Gasteiger partial charge in [-0.05, 0) is 41.8 Å². The summed E-state index contributed by atoms with van der Waals surface area (Å²) in [5.41, 5.74) is 7.87. The fourth-order valence-corrected chi connectivity index (χ4v) is 2.15. The van der Waals surface area contributed by atoms with Gasteiger partial charge in [0.2, 0.25) is 0 Å². The molecule has 0 amide bonds. The predicted molar refractivity (Wildman–Crippen MR) is 82.8 cm³/mol. The second-order valence-corrected chi connectivity index (χ2v) is 5.15. The van der Waals surface area contributed by atoms with Gasteiger partial charge in [0, 0.05) is 44.4 Å². The van der Waals surface area contributed by atoms with Crippen LogP contribution in [0.4, 0.5) is 0 Å². The maximum atomic E-state index is 10.9. The van der Waals surface area contributed by atoms with Crippen molar-refractivity contribution in [3.63, 3.8) is 0 Å². The Balaban J connectivity index is 2.01. The molecule has 2 aromatic rings. The van der Waals surface area contributed by atoms with Crippen LogP contribution >= 0.6 is 0 Å². The third-order valence-corrected chi connectivity index (χ3v) is 3.38. The second kappa shape index (κ2) is 8.21. The third-order valence-electron chi connectivity index (χ3n) is 3.38. The zero-order valence-electron chi connectivity index (χ0n) is 12.3. The molecule has 0 saturated carbocycles. The lowest BCUT2D eigenvalue weighted by Crippen LogP contribution is -2.35. The molecule has 0 bridgehead atoms. The molecule has 1 atom stereocenters. The first-order valence-electron chi connectivity index (χ1n) is 7.13. The number of pyridine rings is 2. The summed E-state index contributed by atoms with van der Waals surface area (Å²) in [4.78, 5) is 21.1. The number of aliphatic carboxylic acids is 1. The van der Waals surface area contributed by atoms with E-state index in [0.29, 0.717) is 13.0 Å². The topological polar surface area (TPSA) is 92.3 Å². The molecule has 0 aromatic carbocycles. The Kier molecular flexibility index (Phi) is 6.00. The molecule has 0 saturated heterocycles. The first kappa shape index (κ1) is 16.1. The van der Waals surface area contributed by atoms with Crippen molar-refractivity contribution in [2.75, 3.05) is 6.54 Å². The van der Waals surface area contributed by atoms with Crippen molar-refractivity contribution in [2.24, 2.45) is 5.73 Å². The van der Waals surface area contributed by atoms with Crippen LogP contribution in [0, 0.1) is 0 Å². The quantitative estimate of drug-likeness (QED) is 0.763. The molecule has 0 aliphatic heterocycles. The van der Waals surface area contributed by atoms with Gasteiger partial charge in [-0.3, -0.25) is 19.7 Å². The van der Waals surface area contributed by atoms with E-state index in [1.54, 1.807) is 24.8 Å². The van der Waals surface area contributed by atoms with E-state index in [1.807, 2.05) is 24.3 Å². The lowest BCUT2D eigenvalue weighted by atomic mass is 10.1. The standard InChI is InChI=1S/C16H20N4O2/c17-15(16(21)22)5-10-20(11-13-1-6-18-7-2-13)12-14-3-8-19-9-4-14/h1-4,6-9,15H,5,10-12,17H2,(H,21,22). The van der Waals surface area contributed by atoms with Crippen LogP contribution in [-0.2, 0) is 17.9 Å². The molecule has 116 valence electrons. The van der Waals surface area contributed by atoms with Gasteiger partial charge in [0.05, 0.1) is 0 Å². The monoisotopic (exact) mass is 300 g/mol. The Morgan fingerprint density at radius 3 is 1.91 bits per heavy atom. The van der Waals surface area contributed by atoms with Gasteiger partial charge < -0.3 is 10.8 Å². The van der Waals surface area contributed by atoms with Crippen molar-refractivity contribution in [1.29, 1.82) is 0 Å². The summed E-state index contributed by atoms with van der Waals surface area (Å²) in [5.74, 6) is -0.965. The lowest BCUT2D eigenvalue weighted by Gasteiger charge is -2.23. The average molecular weight is 300 g/mol. The molecule has 0 radical (unpaired) electrons. The highest BCUT2D eigenvalue weighted by molar-refractivity contribution is 5.72. The summed E-state index contributed by atoms with van der Waals surface area (Å²) in [7, 11) is 0. The maximum Gasteiger partial charge on any atom is 0.320 e. The zero-order chi connectivity index (χ0) is 15.8. The molecule has 0 aliphatic carbocycles. The van der Waals surface area contributed by atoms with Crippen LogP contribution < -0.4 is 5.73 Å². The number of carboxylic acids is 1. The summed E-state index contributed by atoms with van der Waals surface area (Å²) in [6.45, 7) is 2.05. The number of hydrogen-bond donors (Lipinski definition) is 2. The van der Waals surface area contributed by atoms with Crippen LogP contribution in [0.2, 0.25) is 0 Å². The Morgan fingerprint density at radius 2 is 1.50 bits per heavy atom. The van der Waals surface area contributed by atoms with Crippen molar-refractivity contribution in [1.82, 2.24) is 14.9 Å². The molecule has 0 aliphatic rings. The number of nitrogens with zero attached hydrogens (tertiary/aromatic N) is 3. The van der Waals surface area contributed by atoms with Crippen LogP contribution in [0.15, 0.2) is 49.1 Å². The Morgan fingerprint density at radius 1 is 1.05 bits per heavy atom. The number of carbonyl (C=O) groups is 1. The van der Waals surface area contributed by atoms with Gasteiger partial charge in [0.15, 0.2) is 0 Å². The van der Waals surface area contributed by atoms with Gasteiger partial charge in [-0.15, -0.1) is 0 Å². The number of rotatable bonds is 8. The average Bonchev–Trinajstić information content (AvgIpc) is 2.54. The summed E-state index contributed by atoms with van der Waals surface area (Å²) in [6.07, 6.45) is 7.42. The summed E-state index contributed by atoms with van der Waals surface area (Å²) < 4.78 is 0. The van der Waals surface area contributed by atoms with Crippen LogP contribution in [0.3, 0.4) is 0 Å². The van der Waals surface area contributed by atoms with Gasteiger partial charge in [-0.1, -0.05) is 0 Å². The SMILES string of the molecule is NC(CCN(Cc1ccncc1)Cc1ccncc1)C(=O)O. The molecule has 22 heavy (non-hydrogen) atoms. The largest absolute Gasteiger partial charge is 0.480 e. The smallest absolute Gasteiger partial charge is 0.320 e. The van der Waals surface area contributed by atoms with E-state index in [4.69, 9.17) is 10.8 Å². The highest BCUT2D eigenvalue weighted by Crippen LogP contribution is 2.10. The Bertz CT molecular complexity index is 536. The fourth-order valence-electron chi connectivity index (χ4n) is 2.15. The minimum Gasteiger partial charge on any atom is -0.480 e. The molecule has 1 unspecified atom stereocenters. The normalized spacial score (nSPS) is 12.3. The van der Waals surface area contributed by atoms with Crippen molar-refractivity contribution in [3.05, 3.63) is 60.2 Å². The molecule has 3 N–H and O–H groups in total. The van der Waals surface area contributed by atoms with Crippen LogP contribution in [-0.4, -0.2) is 38.5 Å². The second-order valence-electron chi connectivity index (χ2n) is 5.15. The summed E-state index contributed by atoms with van der Waals surface area (Å²) in [6, 6.07) is 6.98. The minimum atomic E-state index is -0.965. The third kappa shape index (κ3) is 5.23. The van der Waals surface area contributed by atoms with E-state index >= 15 is 0 Å². The van der Waals surface area contributed by atoms with Gasteiger partial charge in [0.25, 0.3) is 0 Å². The van der Waals surface area contributed by atoms with Gasteiger partial charge >= 0.3 is 5.97 Å². The molecular formula is C16H20N4O2. The first-order chi connectivity index (χ1) is 10.6. The van der Waals surface area contributed by atoms with E-state index in [1.165, 1.54) is 0 Å². The Labute approximate surface area is 129 Å². The van der Waals surface area contributed by atoms with Crippen molar-refractivity contribution in [3.8, 4) is 0 Å². The van der Waals surface area contributed by atoms with E-state index in [-0.39, 0.29) is 0 Å². The van der Waals surface area contributed by atoms with Gasteiger partial charge in [0.1, 0.15) is 6.04 Å². The molecule has 2 heterocycles. The number of carboxylic acid groups (broad SMARTS) is 1. The molecular weight excluding hydrogens is 280 g/mol. The number of hydrogen-bond acceptors (Lipinski definition) is 5. The highest BCUT2D eigenvalue weighted by atomic mass is 16.4. The van der Waals surface area contributed by atoms with E-state index in [2.05, 4.69) is 14.9 Å². The molecule has 2 aromatic heterocycles. The van der Waals surface area contributed by atoms with E-state index < -0.39 is 12.0 Å². The number of aromatic nitrogens is 2. The fraction of sp³-hybridized carbons (Fsp3) is 0.312. The zero-order valence-corrected chi connectivity index (χ0v) is 12.3. The maximum absolute atomic E-state index is 10.9. The first-order valence-corrected chi connectivity index (χ1v) is 7.13. The molecule has 6 heteroatoms. The summed E-state index contributed by atoms with van der Waals surface area (Å²) in [5, 5.41) is 8.91. The van der Waals surface area contributed by atoms with Gasteiger partial charge in [-0.25, -0.2) is 0 Å². The van der Waals surface area contributed by atoms with E-state index in [0.717, 1.165) is 24.2 Å². The molecule has 2 rings (SSSR count). The summed E-state index contributed by atoms with van der Waals surface area (Å²) >= 11 is 0. The molecule has 0 fully saturated rings. The molecule has 6 nitrogen and oxygen atoms in total. The van der Waals surface area contributed by atoms with Gasteiger partial charge in [-0.2, -0.15) is 0 Å². The van der Waals surface area contributed by atoms with Crippen molar-refractivity contribution < 1.29 is 9.90 Å². The van der Waals surface area contributed by atoms with Crippen LogP contribution in [0.1, 0.15) is 17.5 Å². The van der Waals surface area contributed by atoms with Crippen molar-refractivity contribution in [2.45, 2.75) is 25.6 Å². The van der Waals surface area contributed by atoms with Crippen molar-refractivity contribution >= 4 is 5.97 Å². The van der Waals surface area contributed by atoms with E-state index in [9.17, 15) is 4.79 Å². The molecule has 0 spiro atoms. The number of nitrogens with two attached hydrogens (primary N) is 1. The highest BCUT2D eigenvalue weighted by Gasteiger charge is 2.14. The minimum absolute atomic E-state index is 0.408. The predicted octanol–water partition coefficient (Wildman–Crippen LogP) is 1.28. The Hall–Kier alpha value is -2.31. The van der Waals surface area contributed by atoms with Crippen LogP contribution in [0.5, 0.6) is 0 Å².